The van der Waals surface area contributed by atoms with Gasteiger partial charge in [-0.15, -0.1) is 0 Å². The van der Waals surface area contributed by atoms with E-state index in [0.717, 1.165) is 18.5 Å². The predicted molar refractivity (Wildman–Crippen MR) is 71.8 cm³/mol. The van der Waals surface area contributed by atoms with E-state index in [-0.39, 0.29) is 0 Å². The molecule has 1 N–H and O–H groups in total. The molecule has 0 spiro atoms. The summed E-state index contributed by atoms with van der Waals surface area (Å²) in [4.78, 5) is 2.55. The Balaban J connectivity index is 2.01. The first-order chi connectivity index (χ1) is 7.77. The van der Waals surface area contributed by atoms with E-state index in [1.54, 1.807) is 0 Å². The molecule has 1 fully saturated rings. The quantitative estimate of drug-likeness (QED) is 0.640. The summed E-state index contributed by atoms with van der Waals surface area (Å²) in [6, 6.07) is 0.870. The highest BCUT2D eigenvalue weighted by Gasteiger charge is 2.18. The lowest BCUT2D eigenvalue weighted by Gasteiger charge is -2.24. The molecule has 0 unspecified atom stereocenters. The average Bonchev–Trinajstić information content (AvgIpc) is 2.82. The van der Waals surface area contributed by atoms with Crippen LogP contribution in [0.3, 0.4) is 0 Å². The van der Waals surface area contributed by atoms with Gasteiger partial charge in [-0.25, -0.2) is 0 Å². The van der Waals surface area contributed by atoms with Crippen molar-refractivity contribution in [2.45, 2.75) is 58.4 Å². The normalized spacial score (nSPS) is 17.8. The summed E-state index contributed by atoms with van der Waals surface area (Å²) < 4.78 is 0. The summed E-state index contributed by atoms with van der Waals surface area (Å²) >= 11 is 0. The van der Waals surface area contributed by atoms with Crippen LogP contribution >= 0.6 is 0 Å². The molecule has 0 aromatic rings. The largest absolute Gasteiger partial charge is 0.315 e. The highest BCUT2D eigenvalue weighted by Crippen LogP contribution is 2.21. The van der Waals surface area contributed by atoms with Crippen LogP contribution in [0.1, 0.15) is 52.4 Å². The molecule has 0 amide bonds. The molecule has 1 rings (SSSR count). The van der Waals surface area contributed by atoms with Gasteiger partial charge in [0.1, 0.15) is 0 Å². The first kappa shape index (κ1) is 14.0. The maximum Gasteiger partial charge on any atom is 0.0107 e. The van der Waals surface area contributed by atoms with Crippen molar-refractivity contribution < 1.29 is 0 Å². The Morgan fingerprint density at radius 3 is 2.38 bits per heavy atom. The lowest BCUT2D eigenvalue weighted by Crippen LogP contribution is -2.36. The number of hydrogen-bond donors (Lipinski definition) is 1. The van der Waals surface area contributed by atoms with Crippen LogP contribution in [-0.4, -0.2) is 37.6 Å². The highest BCUT2D eigenvalue weighted by molar-refractivity contribution is 4.75. The summed E-state index contributed by atoms with van der Waals surface area (Å²) in [6.45, 7) is 8.15. The topological polar surface area (TPSA) is 15.3 Å². The molecular formula is C14H30N2. The second-order valence-electron chi connectivity index (χ2n) is 5.31. The molecule has 2 heteroatoms. The van der Waals surface area contributed by atoms with Crippen LogP contribution in [0.4, 0.5) is 0 Å². The molecule has 2 nitrogen and oxygen atoms in total. The minimum absolute atomic E-state index is 0.870. The number of nitrogens with zero attached hydrogens (tertiary/aromatic N) is 1. The molecule has 96 valence electrons. The Labute approximate surface area is 102 Å². The fourth-order valence-electron chi connectivity index (χ4n) is 2.67. The summed E-state index contributed by atoms with van der Waals surface area (Å²) in [5.41, 5.74) is 0. The van der Waals surface area contributed by atoms with Gasteiger partial charge in [0.15, 0.2) is 0 Å². The number of likely N-dealkylation sites (N-methyl/N-ethyl adjacent to an activating group) is 1. The van der Waals surface area contributed by atoms with Gasteiger partial charge in [-0.05, 0) is 32.4 Å². The minimum Gasteiger partial charge on any atom is -0.315 e. The van der Waals surface area contributed by atoms with Gasteiger partial charge in [-0.3, -0.25) is 0 Å². The van der Waals surface area contributed by atoms with Gasteiger partial charge >= 0.3 is 0 Å². The zero-order valence-corrected chi connectivity index (χ0v) is 11.5. The van der Waals surface area contributed by atoms with Crippen molar-refractivity contribution >= 4 is 0 Å². The van der Waals surface area contributed by atoms with Crippen molar-refractivity contribution in [1.82, 2.24) is 10.2 Å². The van der Waals surface area contributed by atoms with Crippen LogP contribution in [0.5, 0.6) is 0 Å². The number of hydrogen-bond acceptors (Lipinski definition) is 2. The number of nitrogens with one attached hydrogen (secondary N) is 1. The van der Waals surface area contributed by atoms with E-state index >= 15 is 0 Å². The zero-order valence-electron chi connectivity index (χ0n) is 11.5. The predicted octanol–water partition coefficient (Wildman–Crippen LogP) is 2.89. The van der Waals surface area contributed by atoms with E-state index in [0.29, 0.717) is 0 Å². The molecule has 0 aliphatic heterocycles. The highest BCUT2D eigenvalue weighted by atomic mass is 15.1. The Bertz CT molecular complexity index is 160. The van der Waals surface area contributed by atoms with E-state index in [9.17, 15) is 0 Å². The third-order valence-corrected chi connectivity index (χ3v) is 4.18. The second kappa shape index (κ2) is 8.08. The minimum atomic E-state index is 0.870. The van der Waals surface area contributed by atoms with E-state index < -0.39 is 0 Å². The van der Waals surface area contributed by atoms with Gasteiger partial charge < -0.3 is 10.2 Å². The molecule has 0 aromatic carbocycles. The fraction of sp³-hybridized carbons (Fsp3) is 1.00. The molecule has 0 saturated heterocycles. The van der Waals surface area contributed by atoms with Gasteiger partial charge in [0.2, 0.25) is 0 Å². The van der Waals surface area contributed by atoms with Gasteiger partial charge in [-0.1, -0.05) is 39.5 Å². The lowest BCUT2D eigenvalue weighted by molar-refractivity contribution is 0.243. The third-order valence-electron chi connectivity index (χ3n) is 4.18. The zero-order chi connectivity index (χ0) is 11.8. The Morgan fingerprint density at radius 2 is 1.81 bits per heavy atom. The van der Waals surface area contributed by atoms with Gasteiger partial charge in [-0.2, -0.15) is 0 Å². The van der Waals surface area contributed by atoms with Crippen LogP contribution in [-0.2, 0) is 0 Å². The summed E-state index contributed by atoms with van der Waals surface area (Å²) in [5.74, 6) is 0.872. The average molecular weight is 226 g/mol. The van der Waals surface area contributed by atoms with E-state index in [1.165, 1.54) is 51.6 Å². The van der Waals surface area contributed by atoms with Crippen molar-refractivity contribution in [1.29, 1.82) is 0 Å². The van der Waals surface area contributed by atoms with Crippen LogP contribution in [0.25, 0.3) is 0 Å². The molecule has 0 heterocycles. The van der Waals surface area contributed by atoms with Crippen molar-refractivity contribution in [2.75, 3.05) is 26.7 Å². The molecule has 16 heavy (non-hydrogen) atoms. The summed E-state index contributed by atoms with van der Waals surface area (Å²) in [6.07, 6.45) is 8.34. The van der Waals surface area contributed by atoms with Crippen LogP contribution in [0, 0.1) is 5.92 Å². The smallest absolute Gasteiger partial charge is 0.0107 e. The van der Waals surface area contributed by atoms with E-state index in [4.69, 9.17) is 0 Å². The molecule has 1 saturated carbocycles. The molecular weight excluding hydrogens is 196 g/mol. The molecule has 0 atom stereocenters. The van der Waals surface area contributed by atoms with Crippen molar-refractivity contribution in [3.63, 3.8) is 0 Å². The first-order valence-electron chi connectivity index (χ1n) is 7.18. The Kier molecular flexibility index (Phi) is 7.06. The Morgan fingerprint density at radius 1 is 1.19 bits per heavy atom. The van der Waals surface area contributed by atoms with Crippen LogP contribution in [0.15, 0.2) is 0 Å². The summed E-state index contributed by atoms with van der Waals surface area (Å²) in [7, 11) is 2.29. The van der Waals surface area contributed by atoms with Gasteiger partial charge in [0, 0.05) is 19.1 Å². The lowest BCUT2D eigenvalue weighted by atomic mass is 10.0. The maximum atomic E-state index is 3.60. The molecule has 0 aromatic heterocycles. The monoisotopic (exact) mass is 226 g/mol. The summed E-state index contributed by atoms with van der Waals surface area (Å²) in [5, 5.41) is 3.60. The number of rotatable bonds is 8. The van der Waals surface area contributed by atoms with Gasteiger partial charge in [0.05, 0.1) is 0 Å². The van der Waals surface area contributed by atoms with E-state index in [1.807, 2.05) is 0 Å². The van der Waals surface area contributed by atoms with Crippen LogP contribution < -0.4 is 5.32 Å². The SMILES string of the molecule is CCC(CC)CNCCN(C)C1CCCC1. The molecule has 1 aliphatic rings. The van der Waals surface area contributed by atoms with Crippen molar-refractivity contribution in [3.8, 4) is 0 Å². The molecule has 1 aliphatic carbocycles. The van der Waals surface area contributed by atoms with Crippen molar-refractivity contribution in [2.24, 2.45) is 5.92 Å². The molecule has 0 bridgehead atoms. The Hall–Kier alpha value is -0.0800. The van der Waals surface area contributed by atoms with Crippen LogP contribution in [0.2, 0.25) is 0 Å². The first-order valence-corrected chi connectivity index (χ1v) is 7.18. The third kappa shape index (κ3) is 4.84. The van der Waals surface area contributed by atoms with E-state index in [2.05, 4.69) is 31.1 Å². The fourth-order valence-corrected chi connectivity index (χ4v) is 2.67. The molecule has 0 radical (unpaired) electrons. The standard InChI is InChI=1S/C14H30N2/c1-4-13(5-2)12-15-10-11-16(3)14-8-6-7-9-14/h13-15H,4-12H2,1-3H3. The maximum absolute atomic E-state index is 3.60. The second-order valence-corrected chi connectivity index (χ2v) is 5.31. The van der Waals surface area contributed by atoms with Crippen molar-refractivity contribution in [3.05, 3.63) is 0 Å². The van der Waals surface area contributed by atoms with Gasteiger partial charge in [0.25, 0.3) is 0 Å².